The van der Waals surface area contributed by atoms with Crippen LogP contribution in [0.1, 0.15) is 13.8 Å². The third-order valence-electron chi connectivity index (χ3n) is 9.40. The average Bonchev–Trinajstić information content (AvgIpc) is 3.65. The van der Waals surface area contributed by atoms with E-state index >= 15 is 0 Å². The lowest BCUT2D eigenvalue weighted by atomic mass is 10.1. The minimum Gasteiger partial charge on any atom is -0.422 e. The molecule has 0 fully saturated rings. The fraction of sp³-hybridized carbons (Fsp3) is 0.189. The van der Waals surface area contributed by atoms with Gasteiger partial charge in [0.2, 0.25) is 0 Å². The van der Waals surface area contributed by atoms with Crippen molar-refractivity contribution in [3.05, 3.63) is 99.7 Å². The molecule has 224 valence electrons. The Morgan fingerprint density at radius 2 is 1.20 bits per heavy atom. The number of aryl methyl sites for hydroxylation is 3. The largest absolute Gasteiger partial charge is 0.422 e. The first-order chi connectivity index (χ1) is 21.8. The van der Waals surface area contributed by atoms with Gasteiger partial charge in [0, 0.05) is 62.1 Å². The number of fused-ring (bicyclic) bond motifs is 7. The predicted octanol–water partition coefficient (Wildman–Crippen LogP) is 7.55. The van der Waals surface area contributed by atoms with Crippen molar-refractivity contribution in [2.75, 3.05) is 18.0 Å². The summed E-state index contributed by atoms with van der Waals surface area (Å²) in [6.07, 6.45) is 0. The van der Waals surface area contributed by atoms with Crippen molar-refractivity contribution in [3.63, 3.8) is 0 Å². The number of anilines is 1. The molecule has 3 aromatic carbocycles. The van der Waals surface area contributed by atoms with Crippen LogP contribution in [-0.4, -0.2) is 26.8 Å². The Balaban J connectivity index is 1.29. The molecule has 8 rings (SSSR count). The lowest BCUT2D eigenvalue weighted by Crippen LogP contribution is -2.21. The normalized spacial score (nSPS) is 12.0. The van der Waals surface area contributed by atoms with Gasteiger partial charge in [-0.05, 0) is 55.6 Å². The van der Waals surface area contributed by atoms with Crippen molar-refractivity contribution in [3.8, 4) is 22.5 Å². The van der Waals surface area contributed by atoms with Gasteiger partial charge in [-0.1, -0.05) is 36.4 Å². The second-order valence-corrected chi connectivity index (χ2v) is 11.7. The minimum atomic E-state index is -0.383. The van der Waals surface area contributed by atoms with Crippen LogP contribution in [0.5, 0.6) is 0 Å². The van der Waals surface area contributed by atoms with Gasteiger partial charge in [0.25, 0.3) is 0 Å². The molecule has 5 aromatic heterocycles. The third kappa shape index (κ3) is 3.84. The summed E-state index contributed by atoms with van der Waals surface area (Å²) in [6, 6.07) is 25.9. The molecular weight excluding hydrogens is 564 g/mol. The average molecular weight is 597 g/mol. The van der Waals surface area contributed by atoms with Crippen molar-refractivity contribution < 1.29 is 8.83 Å². The van der Waals surface area contributed by atoms with Crippen LogP contribution < -0.4 is 16.2 Å². The molecule has 0 bridgehead atoms. The lowest BCUT2D eigenvalue weighted by molar-refractivity contribution is 0.562. The van der Waals surface area contributed by atoms with E-state index in [2.05, 4.69) is 29.4 Å². The zero-order chi connectivity index (χ0) is 31.1. The van der Waals surface area contributed by atoms with E-state index in [1.54, 1.807) is 0 Å². The molecule has 8 nitrogen and oxygen atoms in total. The van der Waals surface area contributed by atoms with Crippen molar-refractivity contribution in [2.24, 2.45) is 21.1 Å². The second kappa shape index (κ2) is 9.75. The monoisotopic (exact) mass is 596 g/mol. The summed E-state index contributed by atoms with van der Waals surface area (Å²) in [7, 11) is 5.93. The molecule has 0 spiro atoms. The molecule has 45 heavy (non-hydrogen) atoms. The maximum Gasteiger partial charge on any atom is 0.345 e. The highest BCUT2D eigenvalue weighted by Gasteiger charge is 2.24. The van der Waals surface area contributed by atoms with E-state index in [0.717, 1.165) is 73.8 Å². The second-order valence-electron chi connectivity index (χ2n) is 11.7. The van der Waals surface area contributed by atoms with E-state index in [-0.39, 0.29) is 11.3 Å². The van der Waals surface area contributed by atoms with E-state index in [1.165, 1.54) is 0 Å². The van der Waals surface area contributed by atoms with Crippen LogP contribution in [0.4, 0.5) is 5.69 Å². The lowest BCUT2D eigenvalue weighted by Gasteiger charge is -2.21. The highest BCUT2D eigenvalue weighted by molar-refractivity contribution is 6.09. The van der Waals surface area contributed by atoms with Gasteiger partial charge in [-0.2, -0.15) is 0 Å². The fourth-order valence-corrected chi connectivity index (χ4v) is 6.98. The zero-order valence-electron chi connectivity index (χ0n) is 25.8. The molecule has 0 saturated carbocycles. The molecule has 0 aliphatic heterocycles. The number of nitrogens with zero attached hydrogens (tertiary/aromatic N) is 4. The van der Waals surface area contributed by atoms with Crippen LogP contribution in [0, 0.1) is 0 Å². The minimum absolute atomic E-state index is 0.379. The number of hydrogen-bond donors (Lipinski definition) is 0. The SMILES string of the molecule is CCN(CC)c1ccc2cc(-c3cc4c(c5c(cc(-c6cc7ccc8ccccc8c7oc6=O)n5C)n4C)n3C)c(=O)oc2c1. The summed E-state index contributed by atoms with van der Waals surface area (Å²) >= 11 is 0. The molecule has 0 unspecified atom stereocenters. The molecule has 5 heterocycles. The topological polar surface area (TPSA) is 78.5 Å². The van der Waals surface area contributed by atoms with Crippen molar-refractivity contribution in [1.82, 2.24) is 13.7 Å². The van der Waals surface area contributed by atoms with E-state index in [9.17, 15) is 9.59 Å². The fourth-order valence-electron chi connectivity index (χ4n) is 6.98. The molecule has 0 aliphatic carbocycles. The molecule has 0 radical (unpaired) electrons. The number of rotatable bonds is 5. The number of benzene rings is 3. The van der Waals surface area contributed by atoms with E-state index < -0.39 is 0 Å². The van der Waals surface area contributed by atoms with Gasteiger partial charge in [-0.3, -0.25) is 0 Å². The van der Waals surface area contributed by atoms with Gasteiger partial charge < -0.3 is 27.4 Å². The molecule has 8 heteroatoms. The Bertz CT molecular complexity index is 2610. The van der Waals surface area contributed by atoms with Gasteiger partial charge in [0.15, 0.2) is 0 Å². The molecule has 0 N–H and O–H groups in total. The van der Waals surface area contributed by atoms with Gasteiger partial charge in [0.1, 0.15) is 11.2 Å². The maximum atomic E-state index is 13.4. The predicted molar refractivity (Wildman–Crippen MR) is 182 cm³/mol. The molecule has 0 atom stereocenters. The Morgan fingerprint density at radius 3 is 1.87 bits per heavy atom. The van der Waals surface area contributed by atoms with Crippen molar-refractivity contribution in [1.29, 1.82) is 0 Å². The molecule has 0 amide bonds. The summed E-state index contributed by atoms with van der Waals surface area (Å²) in [4.78, 5) is 29.0. The molecular formula is C37H32N4O4. The Kier molecular flexibility index (Phi) is 5.87. The van der Waals surface area contributed by atoms with Crippen LogP contribution in [-0.2, 0) is 21.1 Å². The van der Waals surface area contributed by atoms with Crippen LogP contribution in [0.15, 0.2) is 97.3 Å². The maximum absolute atomic E-state index is 13.4. The highest BCUT2D eigenvalue weighted by atomic mass is 16.4. The standard InChI is InChI=1S/C37H32N4O4/c1-6-41(7-2)24-15-14-22-16-26(36(42)44-32(22)18-24)28-19-30-33(39(28)4)34-31(38(30)3)20-29(40(34)5)27-17-23-13-12-21-10-8-9-11-25(21)35(23)45-37(27)43/h8-20H,6-7H2,1-5H3. The summed E-state index contributed by atoms with van der Waals surface area (Å²) < 4.78 is 18.0. The van der Waals surface area contributed by atoms with E-state index in [1.807, 2.05) is 103 Å². The highest BCUT2D eigenvalue weighted by Crippen LogP contribution is 2.38. The van der Waals surface area contributed by atoms with Crippen LogP contribution in [0.25, 0.3) is 77.3 Å². The summed E-state index contributed by atoms with van der Waals surface area (Å²) in [5.74, 6) is 0. The zero-order valence-corrected chi connectivity index (χ0v) is 25.8. The molecule has 0 saturated heterocycles. The Morgan fingerprint density at radius 1 is 0.622 bits per heavy atom. The first-order valence-corrected chi connectivity index (χ1v) is 15.2. The summed E-state index contributed by atoms with van der Waals surface area (Å²) in [5, 5.41) is 3.67. The number of hydrogen-bond acceptors (Lipinski definition) is 5. The summed E-state index contributed by atoms with van der Waals surface area (Å²) in [6.45, 7) is 5.97. The first-order valence-electron chi connectivity index (χ1n) is 15.2. The first kappa shape index (κ1) is 27.1. The van der Waals surface area contributed by atoms with Gasteiger partial charge >= 0.3 is 11.3 Å². The van der Waals surface area contributed by atoms with Gasteiger partial charge in [-0.25, -0.2) is 9.59 Å². The Labute approximate surface area is 257 Å². The molecule has 0 aliphatic rings. The van der Waals surface area contributed by atoms with Crippen LogP contribution in [0.2, 0.25) is 0 Å². The van der Waals surface area contributed by atoms with Gasteiger partial charge in [-0.15, -0.1) is 0 Å². The third-order valence-corrected chi connectivity index (χ3v) is 9.40. The smallest absolute Gasteiger partial charge is 0.345 e. The van der Waals surface area contributed by atoms with Gasteiger partial charge in [0.05, 0.1) is 44.6 Å². The van der Waals surface area contributed by atoms with Crippen LogP contribution in [0.3, 0.4) is 0 Å². The molecule has 8 aromatic rings. The van der Waals surface area contributed by atoms with E-state index in [0.29, 0.717) is 22.3 Å². The Hall–Kier alpha value is -5.50. The van der Waals surface area contributed by atoms with E-state index in [4.69, 9.17) is 8.83 Å². The quantitative estimate of drug-likeness (QED) is 0.151. The number of aromatic nitrogens is 3. The van der Waals surface area contributed by atoms with Crippen molar-refractivity contribution >= 4 is 60.5 Å². The van der Waals surface area contributed by atoms with Crippen LogP contribution >= 0.6 is 0 Å². The van der Waals surface area contributed by atoms with Crippen molar-refractivity contribution in [2.45, 2.75) is 13.8 Å². The summed E-state index contributed by atoms with van der Waals surface area (Å²) in [5.41, 5.74) is 7.84.